The Morgan fingerprint density at radius 2 is 2.11 bits per heavy atom. The first-order valence-corrected chi connectivity index (χ1v) is 7.16. The van der Waals surface area contributed by atoms with Gasteiger partial charge in [0.15, 0.2) is 0 Å². The lowest BCUT2D eigenvalue weighted by Crippen LogP contribution is -2.42. The monoisotopic (exact) mass is 260 g/mol. The highest BCUT2D eigenvalue weighted by molar-refractivity contribution is 5.84. The fourth-order valence-electron chi connectivity index (χ4n) is 2.84. The third kappa shape index (κ3) is 3.57. The van der Waals surface area contributed by atoms with E-state index < -0.39 is 0 Å². The molecule has 3 nitrogen and oxygen atoms in total. The highest BCUT2D eigenvalue weighted by Gasteiger charge is 2.26. The Hall–Kier alpha value is -1.35. The molecular formula is C16H24N2O. The summed E-state index contributed by atoms with van der Waals surface area (Å²) >= 11 is 0. The summed E-state index contributed by atoms with van der Waals surface area (Å²) in [5.41, 5.74) is 2.42. The molecule has 104 valence electrons. The summed E-state index contributed by atoms with van der Waals surface area (Å²) in [7, 11) is 0. The van der Waals surface area contributed by atoms with Crippen LogP contribution >= 0.6 is 0 Å². The Bertz CT molecular complexity index is 442. The lowest BCUT2D eigenvalue weighted by atomic mass is 9.90. The average Bonchev–Trinajstić information content (AvgIpc) is 2.36. The van der Waals surface area contributed by atoms with Crippen LogP contribution in [0.25, 0.3) is 0 Å². The van der Waals surface area contributed by atoms with E-state index in [1.165, 1.54) is 11.1 Å². The van der Waals surface area contributed by atoms with Crippen LogP contribution in [-0.2, 0) is 11.3 Å². The van der Waals surface area contributed by atoms with Crippen molar-refractivity contribution < 1.29 is 4.79 Å². The molecule has 0 saturated heterocycles. The normalized spacial score (nSPS) is 19.9. The molecule has 2 N–H and O–H groups in total. The highest BCUT2D eigenvalue weighted by atomic mass is 16.2. The van der Waals surface area contributed by atoms with Gasteiger partial charge in [-0.3, -0.25) is 4.79 Å². The SMILES string of the molecule is CC(C)CC(C)NC(=O)C1CNCc2ccccc21. The van der Waals surface area contributed by atoms with Gasteiger partial charge in [0.2, 0.25) is 5.91 Å². The van der Waals surface area contributed by atoms with E-state index >= 15 is 0 Å². The van der Waals surface area contributed by atoms with Crippen LogP contribution in [0.3, 0.4) is 0 Å². The van der Waals surface area contributed by atoms with Crippen LogP contribution in [0.4, 0.5) is 0 Å². The van der Waals surface area contributed by atoms with Crippen molar-refractivity contribution >= 4 is 5.91 Å². The third-order valence-electron chi connectivity index (χ3n) is 3.62. The predicted molar refractivity (Wildman–Crippen MR) is 77.9 cm³/mol. The van der Waals surface area contributed by atoms with Gasteiger partial charge in [-0.1, -0.05) is 38.1 Å². The molecule has 0 bridgehead atoms. The van der Waals surface area contributed by atoms with Crippen molar-refractivity contribution in [2.45, 2.75) is 45.7 Å². The largest absolute Gasteiger partial charge is 0.353 e. The number of benzene rings is 1. The molecule has 1 aromatic rings. The van der Waals surface area contributed by atoms with Gasteiger partial charge in [-0.05, 0) is 30.4 Å². The number of nitrogens with one attached hydrogen (secondary N) is 2. The summed E-state index contributed by atoms with van der Waals surface area (Å²) in [4.78, 5) is 12.4. The minimum absolute atomic E-state index is 0.0560. The molecule has 3 heteroatoms. The van der Waals surface area contributed by atoms with Crippen molar-refractivity contribution in [1.29, 1.82) is 0 Å². The molecule has 1 amide bonds. The zero-order valence-electron chi connectivity index (χ0n) is 12.1. The standard InChI is InChI=1S/C16H24N2O/c1-11(2)8-12(3)18-16(19)15-10-17-9-13-6-4-5-7-14(13)15/h4-7,11-12,15,17H,8-10H2,1-3H3,(H,18,19). The van der Waals surface area contributed by atoms with Gasteiger partial charge in [-0.2, -0.15) is 0 Å². The summed E-state index contributed by atoms with van der Waals surface area (Å²) in [5.74, 6) is 0.694. The molecule has 2 unspecified atom stereocenters. The van der Waals surface area contributed by atoms with Crippen LogP contribution in [0.15, 0.2) is 24.3 Å². The minimum Gasteiger partial charge on any atom is -0.353 e. The van der Waals surface area contributed by atoms with E-state index in [9.17, 15) is 4.79 Å². The summed E-state index contributed by atoms with van der Waals surface area (Å²) < 4.78 is 0. The Labute approximate surface area is 115 Å². The second-order valence-corrected chi connectivity index (χ2v) is 5.92. The summed E-state index contributed by atoms with van der Waals surface area (Å²) in [6, 6.07) is 8.46. The van der Waals surface area contributed by atoms with E-state index in [4.69, 9.17) is 0 Å². The van der Waals surface area contributed by atoms with Gasteiger partial charge in [-0.25, -0.2) is 0 Å². The van der Waals surface area contributed by atoms with E-state index in [2.05, 4.69) is 43.5 Å². The molecule has 1 aromatic carbocycles. The Kier molecular flexibility index (Phi) is 4.59. The van der Waals surface area contributed by atoms with Crippen molar-refractivity contribution in [2.24, 2.45) is 5.92 Å². The molecule has 19 heavy (non-hydrogen) atoms. The molecule has 0 aromatic heterocycles. The molecular weight excluding hydrogens is 236 g/mol. The van der Waals surface area contributed by atoms with E-state index in [-0.39, 0.29) is 17.9 Å². The molecule has 0 saturated carbocycles. The smallest absolute Gasteiger partial charge is 0.229 e. The molecule has 2 rings (SSSR count). The van der Waals surface area contributed by atoms with Crippen molar-refractivity contribution in [3.63, 3.8) is 0 Å². The van der Waals surface area contributed by atoms with Crippen molar-refractivity contribution in [1.82, 2.24) is 10.6 Å². The van der Waals surface area contributed by atoms with Crippen LogP contribution in [0.1, 0.15) is 44.2 Å². The number of hydrogen-bond acceptors (Lipinski definition) is 2. The van der Waals surface area contributed by atoms with Gasteiger partial charge in [0.1, 0.15) is 0 Å². The number of amides is 1. The summed E-state index contributed by atoms with van der Waals surface area (Å²) in [5, 5.41) is 6.47. The van der Waals surface area contributed by atoms with Crippen LogP contribution in [0.5, 0.6) is 0 Å². The van der Waals surface area contributed by atoms with E-state index in [1.807, 2.05) is 12.1 Å². The lowest BCUT2D eigenvalue weighted by molar-refractivity contribution is -0.123. The summed E-state index contributed by atoms with van der Waals surface area (Å²) in [6.07, 6.45) is 1.02. The minimum atomic E-state index is -0.0560. The van der Waals surface area contributed by atoms with Crippen LogP contribution in [-0.4, -0.2) is 18.5 Å². The van der Waals surface area contributed by atoms with E-state index in [1.54, 1.807) is 0 Å². The van der Waals surface area contributed by atoms with Crippen LogP contribution in [0.2, 0.25) is 0 Å². The second kappa shape index (κ2) is 6.20. The van der Waals surface area contributed by atoms with Gasteiger partial charge in [0.05, 0.1) is 5.92 Å². The maximum Gasteiger partial charge on any atom is 0.229 e. The van der Waals surface area contributed by atoms with Gasteiger partial charge in [0, 0.05) is 19.1 Å². The Morgan fingerprint density at radius 3 is 2.84 bits per heavy atom. The number of fused-ring (bicyclic) bond motifs is 1. The van der Waals surface area contributed by atoms with Crippen molar-refractivity contribution in [3.8, 4) is 0 Å². The molecule has 0 radical (unpaired) electrons. The molecule has 1 aliphatic rings. The van der Waals surface area contributed by atoms with Crippen LogP contribution in [0, 0.1) is 5.92 Å². The maximum atomic E-state index is 12.4. The maximum absolute atomic E-state index is 12.4. The van der Waals surface area contributed by atoms with E-state index in [0.717, 1.165) is 19.5 Å². The van der Waals surface area contributed by atoms with Crippen molar-refractivity contribution in [3.05, 3.63) is 35.4 Å². The summed E-state index contributed by atoms with van der Waals surface area (Å²) in [6.45, 7) is 8.04. The molecule has 0 fully saturated rings. The lowest BCUT2D eigenvalue weighted by Gasteiger charge is -2.27. The molecule has 2 atom stereocenters. The fraction of sp³-hybridized carbons (Fsp3) is 0.562. The zero-order chi connectivity index (χ0) is 13.8. The number of carbonyl (C=O) groups excluding carboxylic acids is 1. The quantitative estimate of drug-likeness (QED) is 0.873. The Balaban J connectivity index is 2.04. The molecule has 0 aliphatic carbocycles. The van der Waals surface area contributed by atoms with Crippen LogP contribution < -0.4 is 10.6 Å². The fourth-order valence-corrected chi connectivity index (χ4v) is 2.84. The topological polar surface area (TPSA) is 41.1 Å². The molecule has 1 heterocycles. The molecule has 1 aliphatic heterocycles. The first-order chi connectivity index (χ1) is 9.08. The third-order valence-corrected chi connectivity index (χ3v) is 3.62. The predicted octanol–water partition coefficient (Wildman–Crippen LogP) is 2.42. The number of rotatable bonds is 4. The average molecular weight is 260 g/mol. The van der Waals surface area contributed by atoms with Gasteiger partial charge in [-0.15, -0.1) is 0 Å². The van der Waals surface area contributed by atoms with Gasteiger partial charge < -0.3 is 10.6 Å². The van der Waals surface area contributed by atoms with Crippen molar-refractivity contribution in [2.75, 3.05) is 6.54 Å². The first-order valence-electron chi connectivity index (χ1n) is 7.16. The Morgan fingerprint density at radius 1 is 1.37 bits per heavy atom. The zero-order valence-corrected chi connectivity index (χ0v) is 12.1. The van der Waals surface area contributed by atoms with E-state index in [0.29, 0.717) is 5.92 Å². The first kappa shape index (κ1) is 14.1. The van der Waals surface area contributed by atoms with Gasteiger partial charge >= 0.3 is 0 Å². The second-order valence-electron chi connectivity index (χ2n) is 5.92. The molecule has 0 spiro atoms. The highest BCUT2D eigenvalue weighted by Crippen LogP contribution is 2.24. The number of hydrogen-bond donors (Lipinski definition) is 2. The van der Waals surface area contributed by atoms with Gasteiger partial charge in [0.25, 0.3) is 0 Å². The number of carbonyl (C=O) groups is 1.